The predicted molar refractivity (Wildman–Crippen MR) is 60.8 cm³/mol. The van der Waals surface area contributed by atoms with Gasteiger partial charge in [-0.25, -0.2) is 0 Å². The van der Waals surface area contributed by atoms with Crippen LogP contribution in [-0.2, 0) is 0 Å². The third kappa shape index (κ3) is 2.09. The predicted octanol–water partition coefficient (Wildman–Crippen LogP) is 1.41. The summed E-state index contributed by atoms with van der Waals surface area (Å²) in [4.78, 5) is 10.9. The number of halogens is 1. The molecule has 1 aromatic carbocycles. The number of hydrogen-bond acceptors (Lipinski definition) is 3. The van der Waals surface area contributed by atoms with Crippen LogP contribution in [0, 0.1) is 3.57 Å². The number of carbonyl (C=O) groups excluding carboxylic acids is 1. The molecule has 0 fully saturated rings. The van der Waals surface area contributed by atoms with E-state index in [2.05, 4.69) is 22.6 Å². The fraction of sp³-hybridized carbons (Fsp3) is 0.222. The number of amides is 1. The second kappa shape index (κ2) is 4.50. The molecule has 0 atom stereocenters. The molecule has 14 heavy (non-hydrogen) atoms. The number of methoxy groups -OCH3 is 2. The summed E-state index contributed by atoms with van der Waals surface area (Å²) < 4.78 is 11.0. The second-order valence-corrected chi connectivity index (χ2v) is 3.72. The highest BCUT2D eigenvalue weighted by atomic mass is 127. The van der Waals surface area contributed by atoms with Gasteiger partial charge >= 0.3 is 0 Å². The Kier molecular flexibility index (Phi) is 3.56. The minimum Gasteiger partial charge on any atom is -0.493 e. The monoisotopic (exact) mass is 307 g/mol. The fourth-order valence-electron chi connectivity index (χ4n) is 1.06. The molecule has 0 bridgehead atoms. The van der Waals surface area contributed by atoms with Crippen molar-refractivity contribution in [1.29, 1.82) is 0 Å². The zero-order valence-corrected chi connectivity index (χ0v) is 9.99. The molecule has 1 amide bonds. The lowest BCUT2D eigenvalue weighted by Gasteiger charge is -2.10. The highest BCUT2D eigenvalue weighted by Gasteiger charge is 2.12. The lowest BCUT2D eigenvalue weighted by molar-refractivity contribution is 0.1000. The van der Waals surface area contributed by atoms with Crippen LogP contribution < -0.4 is 15.2 Å². The standard InChI is InChI=1S/C9H10INO3/c1-13-7-4-5(9(11)12)3-6(10)8(7)14-2/h3-4H,1-2H3,(H2,11,12). The van der Waals surface area contributed by atoms with E-state index in [0.29, 0.717) is 17.1 Å². The normalized spacial score (nSPS) is 9.64. The van der Waals surface area contributed by atoms with E-state index in [-0.39, 0.29) is 0 Å². The van der Waals surface area contributed by atoms with E-state index < -0.39 is 5.91 Å². The highest BCUT2D eigenvalue weighted by Crippen LogP contribution is 2.33. The maximum atomic E-state index is 10.9. The first kappa shape index (κ1) is 11.1. The smallest absolute Gasteiger partial charge is 0.248 e. The third-order valence-electron chi connectivity index (χ3n) is 1.72. The van der Waals surface area contributed by atoms with Gasteiger partial charge in [0, 0.05) is 5.56 Å². The molecule has 1 rings (SSSR count). The molecular formula is C9H10INO3. The molecule has 0 saturated carbocycles. The molecular weight excluding hydrogens is 297 g/mol. The molecule has 76 valence electrons. The second-order valence-electron chi connectivity index (χ2n) is 2.56. The Labute approximate surface area is 95.5 Å². The average Bonchev–Trinajstić information content (AvgIpc) is 2.16. The van der Waals surface area contributed by atoms with Crippen LogP contribution in [0.1, 0.15) is 10.4 Å². The van der Waals surface area contributed by atoms with Gasteiger partial charge < -0.3 is 15.2 Å². The summed E-state index contributed by atoms with van der Waals surface area (Å²) in [5, 5.41) is 0. The number of nitrogens with two attached hydrogens (primary N) is 1. The quantitative estimate of drug-likeness (QED) is 0.859. The van der Waals surface area contributed by atoms with Gasteiger partial charge in [-0.15, -0.1) is 0 Å². The van der Waals surface area contributed by atoms with Crippen LogP contribution in [0.25, 0.3) is 0 Å². The van der Waals surface area contributed by atoms with Crippen molar-refractivity contribution in [3.8, 4) is 11.5 Å². The lowest BCUT2D eigenvalue weighted by Crippen LogP contribution is -2.11. The first-order valence-electron chi connectivity index (χ1n) is 3.81. The maximum Gasteiger partial charge on any atom is 0.248 e. The Balaban J connectivity index is 3.31. The van der Waals surface area contributed by atoms with E-state index in [1.807, 2.05) is 0 Å². The summed E-state index contributed by atoms with van der Waals surface area (Å²) in [5.41, 5.74) is 5.57. The van der Waals surface area contributed by atoms with Crippen molar-refractivity contribution in [2.45, 2.75) is 0 Å². The Hall–Kier alpha value is -0.980. The van der Waals surface area contributed by atoms with Gasteiger partial charge in [-0.1, -0.05) is 0 Å². The van der Waals surface area contributed by atoms with Crippen molar-refractivity contribution < 1.29 is 14.3 Å². The molecule has 5 heteroatoms. The molecule has 2 N–H and O–H groups in total. The summed E-state index contributed by atoms with van der Waals surface area (Å²) in [7, 11) is 3.06. The molecule has 0 aliphatic heterocycles. The van der Waals surface area contributed by atoms with Gasteiger partial charge in [0.2, 0.25) is 5.91 Å². The zero-order valence-electron chi connectivity index (χ0n) is 7.83. The van der Waals surface area contributed by atoms with Gasteiger partial charge in [-0.2, -0.15) is 0 Å². The van der Waals surface area contributed by atoms with Gasteiger partial charge in [0.15, 0.2) is 11.5 Å². The van der Waals surface area contributed by atoms with Crippen LogP contribution in [0.2, 0.25) is 0 Å². The molecule has 1 aromatic rings. The SMILES string of the molecule is COc1cc(C(N)=O)cc(I)c1OC. The van der Waals surface area contributed by atoms with Gasteiger partial charge in [0.25, 0.3) is 0 Å². The van der Waals surface area contributed by atoms with Crippen molar-refractivity contribution in [3.05, 3.63) is 21.3 Å². The van der Waals surface area contributed by atoms with E-state index in [1.165, 1.54) is 7.11 Å². The van der Waals surface area contributed by atoms with Gasteiger partial charge in [-0.3, -0.25) is 4.79 Å². The largest absolute Gasteiger partial charge is 0.493 e. The molecule has 0 heterocycles. The van der Waals surface area contributed by atoms with Gasteiger partial charge in [0.05, 0.1) is 17.8 Å². The van der Waals surface area contributed by atoms with E-state index in [9.17, 15) is 4.79 Å². The molecule has 0 aliphatic rings. The Morgan fingerprint density at radius 2 is 2.00 bits per heavy atom. The van der Waals surface area contributed by atoms with Crippen molar-refractivity contribution in [3.63, 3.8) is 0 Å². The lowest BCUT2D eigenvalue weighted by atomic mass is 10.2. The van der Waals surface area contributed by atoms with E-state index >= 15 is 0 Å². The molecule has 0 aromatic heterocycles. The minimum atomic E-state index is -0.483. The maximum absolute atomic E-state index is 10.9. The van der Waals surface area contributed by atoms with Crippen LogP contribution in [-0.4, -0.2) is 20.1 Å². The third-order valence-corrected chi connectivity index (χ3v) is 2.52. The summed E-state index contributed by atoms with van der Waals surface area (Å²) >= 11 is 2.06. The Morgan fingerprint density at radius 1 is 1.36 bits per heavy atom. The van der Waals surface area contributed by atoms with Crippen molar-refractivity contribution in [2.75, 3.05) is 14.2 Å². The van der Waals surface area contributed by atoms with Gasteiger partial charge in [-0.05, 0) is 34.7 Å². The number of benzene rings is 1. The van der Waals surface area contributed by atoms with Gasteiger partial charge in [0.1, 0.15) is 0 Å². The molecule has 0 saturated heterocycles. The van der Waals surface area contributed by atoms with Crippen molar-refractivity contribution in [1.82, 2.24) is 0 Å². The van der Waals surface area contributed by atoms with Crippen LogP contribution >= 0.6 is 22.6 Å². The highest BCUT2D eigenvalue weighted by molar-refractivity contribution is 14.1. The van der Waals surface area contributed by atoms with Crippen LogP contribution in [0.4, 0.5) is 0 Å². The Bertz CT molecular complexity index is 365. The van der Waals surface area contributed by atoms with Crippen LogP contribution in [0.5, 0.6) is 11.5 Å². The average molecular weight is 307 g/mol. The van der Waals surface area contributed by atoms with Crippen molar-refractivity contribution in [2.24, 2.45) is 5.73 Å². The topological polar surface area (TPSA) is 61.5 Å². The summed E-state index contributed by atoms with van der Waals surface area (Å²) in [5.74, 6) is 0.634. The summed E-state index contributed by atoms with van der Waals surface area (Å²) in [6, 6.07) is 3.22. The van der Waals surface area contributed by atoms with Crippen molar-refractivity contribution >= 4 is 28.5 Å². The number of primary amides is 1. The molecule has 0 radical (unpaired) electrons. The molecule has 0 unspecified atom stereocenters. The minimum absolute atomic E-state index is 0.409. The first-order chi connectivity index (χ1) is 6.60. The number of rotatable bonds is 3. The molecule has 4 nitrogen and oxygen atoms in total. The fourth-order valence-corrected chi connectivity index (χ4v) is 1.88. The number of carbonyl (C=O) groups is 1. The first-order valence-corrected chi connectivity index (χ1v) is 4.89. The van der Waals surface area contributed by atoms with E-state index in [0.717, 1.165) is 3.57 Å². The zero-order chi connectivity index (χ0) is 10.7. The Morgan fingerprint density at radius 3 is 2.43 bits per heavy atom. The van der Waals surface area contributed by atoms with E-state index in [4.69, 9.17) is 15.2 Å². The summed E-state index contributed by atoms with van der Waals surface area (Å²) in [6.07, 6.45) is 0. The summed E-state index contributed by atoms with van der Waals surface area (Å²) in [6.45, 7) is 0. The molecule has 0 spiro atoms. The molecule has 0 aliphatic carbocycles. The van der Waals surface area contributed by atoms with E-state index in [1.54, 1.807) is 19.2 Å². The van der Waals surface area contributed by atoms with Crippen LogP contribution in [0.15, 0.2) is 12.1 Å². The number of hydrogen-bond donors (Lipinski definition) is 1. The van der Waals surface area contributed by atoms with Crippen LogP contribution in [0.3, 0.4) is 0 Å². The number of ether oxygens (including phenoxy) is 2.